The zero-order valence-electron chi connectivity index (χ0n) is 35.9. The first-order valence-corrected chi connectivity index (χ1v) is 22.6. The first kappa shape index (κ1) is 40.9. The molecule has 0 bridgehead atoms. The van der Waals surface area contributed by atoms with Gasteiger partial charge in [0.15, 0.2) is 0 Å². The Morgan fingerprint density at radius 1 is 0.841 bits per heavy atom. The average molecular weight is 851 g/mol. The number of anilines is 2. The summed E-state index contributed by atoms with van der Waals surface area (Å²) in [5, 5.41) is 14.8. The van der Waals surface area contributed by atoms with Crippen LogP contribution >= 0.6 is 0 Å². The van der Waals surface area contributed by atoms with Crippen molar-refractivity contribution in [2.75, 3.05) is 69.1 Å². The number of benzene rings is 3. The van der Waals surface area contributed by atoms with Gasteiger partial charge in [0.1, 0.15) is 17.5 Å². The third-order valence-electron chi connectivity index (χ3n) is 14.1. The number of fused-ring (bicyclic) bond motifs is 2. The van der Waals surface area contributed by atoms with Crippen LogP contribution in [-0.4, -0.2) is 117 Å². The van der Waals surface area contributed by atoms with Crippen LogP contribution in [0.4, 0.5) is 15.8 Å². The monoisotopic (exact) mass is 850 g/mol. The molecule has 3 N–H and O–H groups in total. The lowest BCUT2D eigenvalue weighted by Gasteiger charge is -2.39. The minimum atomic E-state index is -0.622. The number of aryl methyl sites for hydroxylation is 1. The summed E-state index contributed by atoms with van der Waals surface area (Å²) in [5.74, 6) is 0.0390. The van der Waals surface area contributed by atoms with Gasteiger partial charge in [0, 0.05) is 99.7 Å². The Hall–Kier alpha value is -6.12. The third-order valence-corrected chi connectivity index (χ3v) is 14.1. The Balaban J connectivity index is 0.663. The molecule has 3 aromatic heterocycles. The van der Waals surface area contributed by atoms with Gasteiger partial charge in [-0.2, -0.15) is 5.10 Å². The maximum Gasteiger partial charge on any atom is 0.253 e. The highest BCUT2D eigenvalue weighted by atomic mass is 19.1. The van der Waals surface area contributed by atoms with E-state index >= 15 is 4.39 Å². The van der Waals surface area contributed by atoms with Crippen molar-refractivity contribution in [1.29, 1.82) is 0 Å². The zero-order valence-corrected chi connectivity index (χ0v) is 35.9. The van der Waals surface area contributed by atoms with Gasteiger partial charge in [-0.1, -0.05) is 18.2 Å². The summed E-state index contributed by atoms with van der Waals surface area (Å²) < 4.78 is 17.3. The van der Waals surface area contributed by atoms with Gasteiger partial charge >= 0.3 is 0 Å². The largest absolute Gasteiger partial charge is 0.371 e. The fraction of sp³-hybridized carbons (Fsp3) is 0.408. The van der Waals surface area contributed by atoms with Gasteiger partial charge in [-0.15, -0.1) is 0 Å². The average Bonchev–Trinajstić information content (AvgIpc) is 3.92. The summed E-state index contributed by atoms with van der Waals surface area (Å²) in [4.78, 5) is 51.2. The van der Waals surface area contributed by atoms with Crippen LogP contribution in [0.15, 0.2) is 85.2 Å². The number of likely N-dealkylation sites (tertiary alicyclic amines) is 2. The van der Waals surface area contributed by atoms with Gasteiger partial charge in [-0.05, 0) is 128 Å². The van der Waals surface area contributed by atoms with Crippen LogP contribution in [0.5, 0.6) is 0 Å². The Morgan fingerprint density at radius 3 is 2.40 bits per heavy atom. The zero-order chi connectivity index (χ0) is 43.0. The van der Waals surface area contributed by atoms with Gasteiger partial charge in [-0.25, -0.2) is 9.37 Å². The number of nitrogens with one attached hydrogen (secondary N) is 3. The van der Waals surface area contributed by atoms with Crippen LogP contribution in [-0.2, 0) is 23.2 Å². The normalized spacial score (nSPS) is 19.9. The smallest absolute Gasteiger partial charge is 0.253 e. The molecule has 6 aromatic rings. The summed E-state index contributed by atoms with van der Waals surface area (Å²) >= 11 is 0. The quantitative estimate of drug-likeness (QED) is 0.132. The van der Waals surface area contributed by atoms with Crippen molar-refractivity contribution in [3.05, 3.63) is 108 Å². The van der Waals surface area contributed by atoms with E-state index in [-0.39, 0.29) is 23.9 Å². The summed E-state index contributed by atoms with van der Waals surface area (Å²) in [7, 11) is 2.12. The fourth-order valence-corrected chi connectivity index (χ4v) is 10.2. The molecular weight excluding hydrogens is 796 g/mol. The predicted molar refractivity (Wildman–Crippen MR) is 243 cm³/mol. The number of amides is 3. The number of carbonyl (C=O) groups is 3. The molecule has 13 nitrogen and oxygen atoms in total. The third kappa shape index (κ3) is 8.66. The maximum absolute atomic E-state index is 15.1. The van der Waals surface area contributed by atoms with E-state index in [1.807, 2.05) is 35.5 Å². The van der Waals surface area contributed by atoms with Crippen molar-refractivity contribution in [3.63, 3.8) is 0 Å². The molecule has 326 valence electrons. The number of pyridine rings is 1. The molecule has 1 atom stereocenters. The van der Waals surface area contributed by atoms with Crippen LogP contribution in [0.2, 0.25) is 0 Å². The molecule has 1 unspecified atom stereocenters. The molecule has 4 saturated heterocycles. The second kappa shape index (κ2) is 17.6. The molecule has 0 aliphatic carbocycles. The number of aromatic amines is 1. The molecule has 0 saturated carbocycles. The molecule has 63 heavy (non-hydrogen) atoms. The second-order valence-corrected chi connectivity index (χ2v) is 18.0. The number of carbonyl (C=O) groups excluding carboxylic acids is 3. The van der Waals surface area contributed by atoms with Crippen molar-refractivity contribution in [2.24, 2.45) is 13.0 Å². The number of hydrogen-bond donors (Lipinski definition) is 3. The number of nitrogens with zero attached hydrogens (tertiary/aromatic N) is 7. The molecule has 0 spiro atoms. The highest BCUT2D eigenvalue weighted by Crippen LogP contribution is 2.34. The fourth-order valence-electron chi connectivity index (χ4n) is 10.2. The van der Waals surface area contributed by atoms with E-state index < -0.39 is 17.8 Å². The SMILES string of the molecule is Cn1c(CN2CCC(c3ccc(C(=O)N4CCC(CN5CCN(c6ccc(NC7CCC(=O)NC7=O)c(F)c6)CC5)CC4)cc3)CC2)cc2c(-c3ccc4[nH]ncc4c3)ccnc21. The molecule has 4 aliphatic heterocycles. The summed E-state index contributed by atoms with van der Waals surface area (Å²) in [6, 6.07) is 23.8. The van der Waals surface area contributed by atoms with Crippen molar-refractivity contribution in [2.45, 2.75) is 57.0 Å². The minimum Gasteiger partial charge on any atom is -0.371 e. The van der Waals surface area contributed by atoms with Gasteiger partial charge in [0.05, 0.1) is 17.4 Å². The van der Waals surface area contributed by atoms with Crippen molar-refractivity contribution in [3.8, 4) is 11.1 Å². The molecule has 3 amide bonds. The van der Waals surface area contributed by atoms with Crippen LogP contribution in [0, 0.1) is 11.7 Å². The number of hydrogen-bond acceptors (Lipinski definition) is 9. The number of H-pyrrole nitrogens is 1. The summed E-state index contributed by atoms with van der Waals surface area (Å²) in [6.45, 7) is 8.91. The molecule has 4 fully saturated rings. The number of imide groups is 1. The Kier molecular flexibility index (Phi) is 11.4. The minimum absolute atomic E-state index is 0.128. The second-order valence-electron chi connectivity index (χ2n) is 18.0. The molecular formula is C49H55FN10O3. The lowest BCUT2D eigenvalue weighted by Crippen LogP contribution is -2.49. The van der Waals surface area contributed by atoms with Crippen molar-refractivity contribution < 1.29 is 18.8 Å². The van der Waals surface area contributed by atoms with E-state index in [0.29, 0.717) is 18.3 Å². The number of piperidine rings is 3. The maximum atomic E-state index is 15.1. The summed E-state index contributed by atoms with van der Waals surface area (Å²) in [5.41, 5.74) is 8.83. The molecule has 7 heterocycles. The van der Waals surface area contributed by atoms with Crippen LogP contribution in [0.1, 0.15) is 66.1 Å². The van der Waals surface area contributed by atoms with Gasteiger partial charge in [0.2, 0.25) is 11.8 Å². The predicted octanol–water partition coefficient (Wildman–Crippen LogP) is 6.53. The Morgan fingerprint density at radius 2 is 1.63 bits per heavy atom. The van der Waals surface area contributed by atoms with E-state index in [0.717, 1.165) is 124 Å². The summed E-state index contributed by atoms with van der Waals surface area (Å²) in [6.07, 6.45) is 8.53. The van der Waals surface area contributed by atoms with Crippen LogP contribution in [0.3, 0.4) is 0 Å². The number of piperazine rings is 1. The molecule has 14 heteroatoms. The first-order valence-electron chi connectivity index (χ1n) is 22.6. The van der Waals surface area contributed by atoms with Crippen LogP contribution < -0.4 is 15.5 Å². The highest BCUT2D eigenvalue weighted by molar-refractivity contribution is 6.01. The molecule has 3 aromatic carbocycles. The molecule has 10 rings (SSSR count). The van der Waals surface area contributed by atoms with E-state index in [2.05, 4.69) is 89.6 Å². The van der Waals surface area contributed by atoms with Gasteiger partial charge < -0.3 is 19.7 Å². The first-order chi connectivity index (χ1) is 30.7. The van der Waals surface area contributed by atoms with Crippen molar-refractivity contribution >= 4 is 51.0 Å². The standard InChI is InChI=1S/C49H55FN10O3/c1-56-39(27-41-40(12-17-51-47(41)56)36-6-8-43-37(26-36)29-52-55-43)31-57-18-15-34(16-19-57)33-2-4-35(5-3-33)49(63)60-20-13-32(14-21-60)30-58-22-24-59(25-23-58)38-7-9-44(42(50)28-38)53-45-10-11-46(61)54-48(45)62/h2-9,12,17,26-29,32,34,45,53H,10-11,13-16,18-25,30-31H2,1H3,(H,52,55)(H,54,61,62). The van der Waals surface area contributed by atoms with Gasteiger partial charge in [0.25, 0.3) is 5.91 Å². The Labute approximate surface area is 366 Å². The van der Waals surface area contributed by atoms with Crippen LogP contribution in [0.25, 0.3) is 33.1 Å². The number of rotatable bonds is 10. The lowest BCUT2D eigenvalue weighted by atomic mass is 9.88. The van der Waals surface area contributed by atoms with E-state index in [1.54, 1.807) is 6.07 Å². The molecule has 0 radical (unpaired) electrons. The van der Waals surface area contributed by atoms with E-state index in [1.165, 1.54) is 28.3 Å². The van der Waals surface area contributed by atoms with E-state index in [4.69, 9.17) is 4.98 Å². The van der Waals surface area contributed by atoms with E-state index in [9.17, 15) is 14.4 Å². The number of aromatic nitrogens is 4. The van der Waals surface area contributed by atoms with Crippen molar-refractivity contribution in [1.82, 2.24) is 39.8 Å². The topological polar surface area (TPSA) is 135 Å². The lowest BCUT2D eigenvalue weighted by molar-refractivity contribution is -0.133. The van der Waals surface area contributed by atoms with Gasteiger partial charge in [-0.3, -0.25) is 34.6 Å². The highest BCUT2D eigenvalue weighted by Gasteiger charge is 2.30. The number of halogens is 1. The molecule has 4 aliphatic rings. The Bertz CT molecular complexity index is 2640.